The minimum Gasteiger partial charge on any atom is -0.496 e. The van der Waals surface area contributed by atoms with Crippen molar-refractivity contribution in [3.8, 4) is 17.1 Å². The molecule has 1 heterocycles. The van der Waals surface area contributed by atoms with Crippen molar-refractivity contribution in [3.63, 3.8) is 0 Å². The number of ether oxygens (including phenoxy) is 1. The summed E-state index contributed by atoms with van der Waals surface area (Å²) in [5, 5.41) is 19.7. The predicted octanol–water partition coefficient (Wildman–Crippen LogP) is 2.90. The first-order chi connectivity index (χ1) is 15.7. The van der Waals surface area contributed by atoms with Crippen molar-refractivity contribution < 1.29 is 18.1 Å². The molecule has 2 aromatic carbocycles. The van der Waals surface area contributed by atoms with E-state index in [0.29, 0.717) is 46.7 Å². The molecule has 0 radical (unpaired) electrons. The summed E-state index contributed by atoms with van der Waals surface area (Å²) < 4.78 is 33.6. The van der Waals surface area contributed by atoms with Crippen LogP contribution in [0.15, 0.2) is 52.5 Å². The zero-order valence-corrected chi connectivity index (χ0v) is 20.0. The molecule has 11 nitrogen and oxygen atoms in total. The topological polar surface area (TPSA) is 146 Å². The third-order valence-corrected chi connectivity index (χ3v) is 7.97. The highest BCUT2D eigenvalue weighted by atomic mass is 32.2. The summed E-state index contributed by atoms with van der Waals surface area (Å²) in [4.78, 5) is 10.8. The number of nitro groups is 1. The zero-order chi connectivity index (χ0) is 24.2. The second kappa shape index (κ2) is 10.2. The minimum absolute atomic E-state index is 0.0486. The Bertz CT molecular complexity index is 1260. The number of nitrogen functional groups attached to an aromatic ring is 1. The van der Waals surface area contributed by atoms with Crippen molar-refractivity contribution in [2.75, 3.05) is 26.0 Å². The Kier molecular flexibility index (Phi) is 7.56. The van der Waals surface area contributed by atoms with Crippen molar-refractivity contribution in [2.45, 2.75) is 29.7 Å². The fraction of sp³-hybridized carbons (Fsp3) is 0.300. The summed E-state index contributed by atoms with van der Waals surface area (Å²) >= 11 is 1.22. The molecule has 0 saturated carbocycles. The van der Waals surface area contributed by atoms with Crippen molar-refractivity contribution in [3.05, 3.63) is 58.1 Å². The summed E-state index contributed by atoms with van der Waals surface area (Å²) in [5.74, 6) is 7.29. The van der Waals surface area contributed by atoms with Gasteiger partial charge in [0.05, 0.1) is 16.9 Å². The van der Waals surface area contributed by atoms with Gasteiger partial charge < -0.3 is 10.6 Å². The molecule has 13 heteroatoms. The Balaban J connectivity index is 1.87. The van der Waals surface area contributed by atoms with E-state index < -0.39 is 14.9 Å². The molecule has 176 valence electrons. The third-order valence-electron chi connectivity index (χ3n) is 4.93. The molecule has 0 atom stereocenters. The number of rotatable bonds is 10. The van der Waals surface area contributed by atoms with E-state index in [1.54, 1.807) is 26.0 Å². The van der Waals surface area contributed by atoms with Crippen molar-refractivity contribution >= 4 is 27.5 Å². The van der Waals surface area contributed by atoms with Gasteiger partial charge in [-0.2, -0.15) is 4.31 Å². The lowest BCUT2D eigenvalue weighted by molar-refractivity contribution is -0.384. The van der Waals surface area contributed by atoms with Crippen LogP contribution in [0, 0.1) is 10.1 Å². The molecular formula is C20H24N6O5S2. The first-order valence-electron chi connectivity index (χ1n) is 9.98. The number of benzene rings is 2. The third kappa shape index (κ3) is 5.10. The summed E-state index contributed by atoms with van der Waals surface area (Å²) in [7, 11) is -2.16. The second-order valence-electron chi connectivity index (χ2n) is 6.84. The van der Waals surface area contributed by atoms with Crippen molar-refractivity contribution in [1.29, 1.82) is 0 Å². The molecule has 2 N–H and O–H groups in total. The number of hydrogen-bond donors (Lipinski definition) is 1. The van der Waals surface area contributed by atoms with E-state index in [0.717, 1.165) is 0 Å². The van der Waals surface area contributed by atoms with Gasteiger partial charge in [0.15, 0.2) is 5.82 Å². The van der Waals surface area contributed by atoms with Crippen LogP contribution in [0.5, 0.6) is 5.75 Å². The number of nitro benzene ring substituents is 1. The zero-order valence-electron chi connectivity index (χ0n) is 18.3. The molecule has 0 amide bonds. The molecule has 0 aliphatic heterocycles. The van der Waals surface area contributed by atoms with Crippen LogP contribution in [0.3, 0.4) is 0 Å². The van der Waals surface area contributed by atoms with Gasteiger partial charge in [-0.25, -0.2) is 13.1 Å². The lowest BCUT2D eigenvalue weighted by Crippen LogP contribution is -2.30. The molecule has 0 saturated heterocycles. The van der Waals surface area contributed by atoms with E-state index in [-0.39, 0.29) is 10.6 Å². The smallest absolute Gasteiger partial charge is 0.270 e. The van der Waals surface area contributed by atoms with Gasteiger partial charge in [-0.1, -0.05) is 37.7 Å². The highest BCUT2D eigenvalue weighted by Gasteiger charge is 2.23. The molecule has 1 aromatic heterocycles. The minimum atomic E-state index is -3.64. The molecule has 0 unspecified atom stereocenters. The van der Waals surface area contributed by atoms with Crippen LogP contribution in [0.25, 0.3) is 11.4 Å². The van der Waals surface area contributed by atoms with Crippen LogP contribution >= 0.6 is 11.8 Å². The maximum absolute atomic E-state index is 12.9. The number of non-ortho nitro benzene ring substituents is 1. The summed E-state index contributed by atoms with van der Waals surface area (Å²) in [6.07, 6.45) is 0. The van der Waals surface area contributed by atoms with Gasteiger partial charge in [0.1, 0.15) is 5.75 Å². The molecule has 3 rings (SSSR count). The summed E-state index contributed by atoms with van der Waals surface area (Å²) in [6, 6.07) is 10.7. The van der Waals surface area contributed by atoms with E-state index in [1.807, 2.05) is 0 Å². The van der Waals surface area contributed by atoms with Crippen molar-refractivity contribution in [2.24, 2.45) is 0 Å². The van der Waals surface area contributed by atoms with Crippen molar-refractivity contribution in [1.82, 2.24) is 19.2 Å². The summed E-state index contributed by atoms with van der Waals surface area (Å²) in [5.41, 5.74) is 1.05. The molecule has 0 aliphatic rings. The van der Waals surface area contributed by atoms with Gasteiger partial charge in [-0.3, -0.25) is 10.1 Å². The van der Waals surface area contributed by atoms with Crippen LogP contribution in [-0.4, -0.2) is 52.7 Å². The Morgan fingerprint density at radius 1 is 1.18 bits per heavy atom. The highest BCUT2D eigenvalue weighted by Crippen LogP contribution is 2.31. The SMILES string of the molecule is CCN(CC)S(=O)(=O)c1cccc(-c2nnc(SCc3cc([N+](=O)[O-])ccc3OC)n2N)c1. The molecular weight excluding hydrogens is 468 g/mol. The van der Waals surface area contributed by atoms with Gasteiger partial charge in [-0.05, 0) is 18.2 Å². The van der Waals surface area contributed by atoms with Crippen LogP contribution in [0.2, 0.25) is 0 Å². The first-order valence-corrected chi connectivity index (χ1v) is 12.4. The molecule has 0 spiro atoms. The normalized spacial score (nSPS) is 11.6. The highest BCUT2D eigenvalue weighted by molar-refractivity contribution is 7.98. The van der Waals surface area contributed by atoms with Gasteiger partial charge in [0, 0.05) is 42.1 Å². The second-order valence-corrected chi connectivity index (χ2v) is 9.72. The number of nitrogens with zero attached hydrogens (tertiary/aromatic N) is 5. The Labute approximate surface area is 195 Å². The van der Waals surface area contributed by atoms with Gasteiger partial charge in [-0.15, -0.1) is 10.2 Å². The van der Waals surface area contributed by atoms with Gasteiger partial charge in [0.2, 0.25) is 15.2 Å². The van der Waals surface area contributed by atoms with E-state index in [1.165, 1.54) is 58.2 Å². The van der Waals surface area contributed by atoms with E-state index in [2.05, 4.69) is 10.2 Å². The quantitative estimate of drug-likeness (QED) is 0.195. The Morgan fingerprint density at radius 2 is 1.91 bits per heavy atom. The molecule has 3 aromatic rings. The maximum atomic E-state index is 12.9. The van der Waals surface area contributed by atoms with Gasteiger partial charge >= 0.3 is 0 Å². The number of thioether (sulfide) groups is 1. The standard InChI is InChI=1S/C20H24N6O5S2/c1-4-24(5-2)33(29,30)17-8-6-7-14(12-17)19-22-23-20(25(19)21)32-13-15-11-16(26(27)28)9-10-18(15)31-3/h6-12H,4-5,13,21H2,1-3H3. The molecule has 0 aliphatic carbocycles. The average Bonchev–Trinajstić information content (AvgIpc) is 3.18. The maximum Gasteiger partial charge on any atom is 0.270 e. The molecule has 33 heavy (non-hydrogen) atoms. The molecule has 0 bridgehead atoms. The number of methoxy groups -OCH3 is 1. The molecule has 0 fully saturated rings. The van der Waals surface area contributed by atoms with Crippen LogP contribution in [-0.2, 0) is 15.8 Å². The number of sulfonamides is 1. The predicted molar refractivity (Wildman–Crippen MR) is 125 cm³/mol. The van der Waals surface area contributed by atoms with Crippen LogP contribution in [0.4, 0.5) is 5.69 Å². The van der Waals surface area contributed by atoms with Crippen LogP contribution < -0.4 is 10.6 Å². The fourth-order valence-corrected chi connectivity index (χ4v) is 5.55. The Hall–Kier alpha value is -3.16. The van der Waals surface area contributed by atoms with E-state index in [4.69, 9.17) is 10.6 Å². The largest absolute Gasteiger partial charge is 0.496 e. The van der Waals surface area contributed by atoms with E-state index >= 15 is 0 Å². The number of hydrogen-bond acceptors (Lipinski definition) is 9. The van der Waals surface area contributed by atoms with Gasteiger partial charge in [0.25, 0.3) is 5.69 Å². The summed E-state index contributed by atoms with van der Waals surface area (Å²) in [6.45, 7) is 4.28. The van der Waals surface area contributed by atoms with Crippen LogP contribution in [0.1, 0.15) is 19.4 Å². The Morgan fingerprint density at radius 3 is 2.55 bits per heavy atom. The fourth-order valence-electron chi connectivity index (χ4n) is 3.21. The number of nitrogens with two attached hydrogens (primary N) is 1. The first kappa shape index (κ1) is 24.5. The lowest BCUT2D eigenvalue weighted by atomic mass is 10.2. The average molecular weight is 493 g/mol. The number of aromatic nitrogens is 3. The van der Waals surface area contributed by atoms with E-state index in [9.17, 15) is 18.5 Å². The monoisotopic (exact) mass is 492 g/mol. The lowest BCUT2D eigenvalue weighted by Gasteiger charge is -2.18.